The second-order valence-corrected chi connectivity index (χ2v) is 9.47. The van der Waals surface area contributed by atoms with Crippen LogP contribution in [0.15, 0.2) is 66.9 Å². The number of nitrogens with one attached hydrogen (secondary N) is 1. The van der Waals surface area contributed by atoms with E-state index >= 15 is 0 Å². The van der Waals surface area contributed by atoms with Crippen LogP contribution in [0.1, 0.15) is 36.0 Å². The molecule has 2 aromatic heterocycles. The van der Waals surface area contributed by atoms with Gasteiger partial charge in [-0.3, -0.25) is 9.20 Å². The molecule has 2 aromatic carbocycles. The quantitative estimate of drug-likeness (QED) is 0.292. The normalized spacial score (nSPS) is 14.6. The van der Waals surface area contributed by atoms with Crippen LogP contribution in [0.3, 0.4) is 0 Å². The average Bonchev–Trinajstić information content (AvgIpc) is 3.21. The van der Waals surface area contributed by atoms with Crippen molar-refractivity contribution in [3.05, 3.63) is 88.6 Å². The average molecular weight is 501 g/mol. The lowest BCUT2D eigenvalue weighted by molar-refractivity contribution is -0.113. The number of halogens is 1. The Morgan fingerprint density at radius 2 is 1.81 bits per heavy atom. The van der Waals surface area contributed by atoms with Crippen molar-refractivity contribution >= 4 is 35.3 Å². The highest BCUT2D eigenvalue weighted by Crippen LogP contribution is 2.42. The monoisotopic (exact) mass is 500 g/mol. The lowest BCUT2D eigenvalue weighted by atomic mass is 9.72. The molecule has 0 aliphatic heterocycles. The molecule has 0 atom stereocenters. The number of amides is 2. The molecular formula is C28H25ClN4O3. The number of carbonyl (C=O) groups excluding carboxylic acids is 1. The highest BCUT2D eigenvalue weighted by atomic mass is 35.5. The molecule has 2 amide bonds. The number of hydrogen-bond acceptors (Lipinski definition) is 3. The van der Waals surface area contributed by atoms with Crippen LogP contribution in [0, 0.1) is 6.92 Å². The van der Waals surface area contributed by atoms with Crippen molar-refractivity contribution in [2.24, 2.45) is 5.73 Å². The summed E-state index contributed by atoms with van der Waals surface area (Å²) in [6.07, 6.45) is 6.29. The maximum atomic E-state index is 11.5. The number of carbonyl (C=O) groups is 2. The lowest BCUT2D eigenvalue weighted by Gasteiger charge is -2.42. The number of pyridine rings is 1. The van der Waals surface area contributed by atoms with Crippen molar-refractivity contribution in [1.82, 2.24) is 14.7 Å². The van der Waals surface area contributed by atoms with Crippen LogP contribution in [0.5, 0.6) is 0 Å². The van der Waals surface area contributed by atoms with Crippen molar-refractivity contribution in [2.75, 3.05) is 0 Å². The fraction of sp³-hybridized carbons (Fsp3) is 0.179. The van der Waals surface area contributed by atoms with E-state index in [9.17, 15) is 14.7 Å². The summed E-state index contributed by atoms with van der Waals surface area (Å²) in [7, 11) is 0. The van der Waals surface area contributed by atoms with Crippen LogP contribution >= 0.6 is 11.6 Å². The first-order chi connectivity index (χ1) is 17.3. The van der Waals surface area contributed by atoms with E-state index in [0.29, 0.717) is 16.2 Å². The zero-order valence-corrected chi connectivity index (χ0v) is 20.4. The van der Waals surface area contributed by atoms with Gasteiger partial charge in [-0.2, -0.15) is 0 Å². The molecule has 7 nitrogen and oxygen atoms in total. The van der Waals surface area contributed by atoms with Crippen LogP contribution in [-0.2, 0) is 10.3 Å². The van der Waals surface area contributed by atoms with E-state index in [1.807, 2.05) is 72.1 Å². The number of aromatic nitrogens is 2. The van der Waals surface area contributed by atoms with Gasteiger partial charge in [0.25, 0.3) is 0 Å². The maximum Gasteiger partial charge on any atom is 0.405 e. The summed E-state index contributed by atoms with van der Waals surface area (Å²) in [5.41, 5.74) is 11.3. The molecule has 1 aliphatic carbocycles. The second kappa shape index (κ2) is 9.17. The molecule has 8 heteroatoms. The van der Waals surface area contributed by atoms with Crippen molar-refractivity contribution in [3.8, 4) is 22.5 Å². The van der Waals surface area contributed by atoms with Crippen LogP contribution in [-0.4, -0.2) is 26.5 Å². The highest BCUT2D eigenvalue weighted by Gasteiger charge is 2.40. The zero-order chi connectivity index (χ0) is 25.4. The SMILES string of the molecule is Cc1c(Cl)cn2c(-c3ccccc3)c(-c3ccc(C4(NC(=O)O)CCC4)cc3)nc2c1/C=C/C(N)=O. The van der Waals surface area contributed by atoms with Crippen molar-refractivity contribution in [2.45, 2.75) is 31.7 Å². The van der Waals surface area contributed by atoms with Gasteiger partial charge < -0.3 is 16.2 Å². The molecule has 4 aromatic rings. The summed E-state index contributed by atoms with van der Waals surface area (Å²) >= 11 is 6.60. The Balaban J connectivity index is 1.71. The molecule has 1 fully saturated rings. The van der Waals surface area contributed by atoms with Gasteiger partial charge in [-0.25, -0.2) is 9.78 Å². The van der Waals surface area contributed by atoms with Crippen LogP contribution < -0.4 is 11.1 Å². The molecule has 36 heavy (non-hydrogen) atoms. The van der Waals surface area contributed by atoms with Crippen LogP contribution in [0.2, 0.25) is 5.02 Å². The number of nitrogens with two attached hydrogens (primary N) is 1. The number of rotatable bonds is 6. The third-order valence-electron chi connectivity index (χ3n) is 6.88. The second-order valence-electron chi connectivity index (χ2n) is 9.06. The topological polar surface area (TPSA) is 110 Å². The van der Waals surface area contributed by atoms with Gasteiger partial charge in [-0.15, -0.1) is 0 Å². The molecule has 0 unspecified atom stereocenters. The number of nitrogens with zero attached hydrogens (tertiary/aromatic N) is 2. The molecule has 5 rings (SSSR count). The van der Waals surface area contributed by atoms with Gasteiger partial charge in [0.05, 0.1) is 21.9 Å². The van der Waals surface area contributed by atoms with E-state index in [1.165, 1.54) is 6.08 Å². The first-order valence-corrected chi connectivity index (χ1v) is 12.0. The third-order valence-corrected chi connectivity index (χ3v) is 7.26. The maximum absolute atomic E-state index is 11.5. The number of imidazole rings is 1. The van der Waals surface area contributed by atoms with Gasteiger partial charge in [-0.1, -0.05) is 66.2 Å². The van der Waals surface area contributed by atoms with Crippen molar-refractivity contribution in [1.29, 1.82) is 0 Å². The first-order valence-electron chi connectivity index (χ1n) is 11.7. The Morgan fingerprint density at radius 1 is 1.11 bits per heavy atom. The molecular weight excluding hydrogens is 476 g/mol. The molecule has 1 saturated carbocycles. The molecule has 0 bridgehead atoms. The Bertz CT molecular complexity index is 1500. The minimum Gasteiger partial charge on any atom is -0.465 e. The van der Waals surface area contributed by atoms with E-state index in [-0.39, 0.29) is 0 Å². The van der Waals surface area contributed by atoms with E-state index in [2.05, 4.69) is 5.32 Å². The van der Waals surface area contributed by atoms with Gasteiger partial charge in [-0.05, 0) is 43.4 Å². The zero-order valence-electron chi connectivity index (χ0n) is 19.7. The summed E-state index contributed by atoms with van der Waals surface area (Å²) in [6, 6.07) is 17.8. The summed E-state index contributed by atoms with van der Waals surface area (Å²) in [4.78, 5) is 27.9. The fourth-order valence-electron chi connectivity index (χ4n) is 4.86. The number of primary amides is 1. The van der Waals surface area contributed by atoms with Gasteiger partial charge in [0.1, 0.15) is 5.65 Å². The van der Waals surface area contributed by atoms with E-state index < -0.39 is 17.5 Å². The lowest BCUT2D eigenvalue weighted by Crippen LogP contribution is -2.50. The predicted molar refractivity (Wildman–Crippen MR) is 141 cm³/mol. The van der Waals surface area contributed by atoms with Crippen LogP contribution in [0.25, 0.3) is 34.2 Å². The van der Waals surface area contributed by atoms with E-state index in [1.54, 1.807) is 6.08 Å². The number of carboxylic acid groups (broad SMARTS) is 1. The largest absolute Gasteiger partial charge is 0.465 e. The molecule has 1 aliphatic rings. The van der Waals surface area contributed by atoms with Gasteiger partial charge in [0.2, 0.25) is 5.91 Å². The molecule has 2 heterocycles. The first kappa shape index (κ1) is 23.6. The molecule has 0 radical (unpaired) electrons. The Hall–Kier alpha value is -4.10. The van der Waals surface area contributed by atoms with Gasteiger partial charge in [0, 0.05) is 29.0 Å². The predicted octanol–water partition coefficient (Wildman–Crippen LogP) is 5.78. The van der Waals surface area contributed by atoms with Crippen molar-refractivity contribution < 1.29 is 14.7 Å². The van der Waals surface area contributed by atoms with E-state index in [4.69, 9.17) is 22.3 Å². The summed E-state index contributed by atoms with van der Waals surface area (Å²) < 4.78 is 1.94. The Kier molecular flexibility index (Phi) is 6.02. The Labute approximate surface area is 213 Å². The highest BCUT2D eigenvalue weighted by molar-refractivity contribution is 6.31. The molecule has 4 N–H and O–H groups in total. The minimum atomic E-state index is -1.02. The van der Waals surface area contributed by atoms with Gasteiger partial charge >= 0.3 is 6.09 Å². The Morgan fingerprint density at radius 3 is 2.39 bits per heavy atom. The van der Waals surface area contributed by atoms with Gasteiger partial charge in [0.15, 0.2) is 0 Å². The summed E-state index contributed by atoms with van der Waals surface area (Å²) in [5, 5.41) is 12.6. The standard InChI is InChI=1S/C28H25ClN4O3/c1-17-21(12-13-23(30)34)26-31-24(25(33(26)16-22(17)29)19-6-3-2-4-7-19)18-8-10-20(11-9-18)28(14-5-15-28)32-27(35)36/h2-4,6-13,16,32H,5,14-15H2,1H3,(H2,30,34)(H,35,36)/b13-12+. The van der Waals surface area contributed by atoms with Crippen molar-refractivity contribution in [3.63, 3.8) is 0 Å². The number of benzene rings is 2. The molecule has 0 spiro atoms. The van der Waals surface area contributed by atoms with Crippen LogP contribution in [0.4, 0.5) is 4.79 Å². The third kappa shape index (κ3) is 4.12. The summed E-state index contributed by atoms with van der Waals surface area (Å²) in [5.74, 6) is -0.557. The summed E-state index contributed by atoms with van der Waals surface area (Å²) in [6.45, 7) is 1.88. The van der Waals surface area contributed by atoms with E-state index in [0.717, 1.165) is 52.9 Å². The smallest absolute Gasteiger partial charge is 0.405 e. The number of fused-ring (bicyclic) bond motifs is 1. The molecule has 182 valence electrons. The molecule has 0 saturated heterocycles. The number of hydrogen-bond donors (Lipinski definition) is 3. The fourth-order valence-corrected chi connectivity index (χ4v) is 5.06. The minimum absolute atomic E-state index is 0.537.